The van der Waals surface area contributed by atoms with Gasteiger partial charge in [-0.3, -0.25) is 4.79 Å². The van der Waals surface area contributed by atoms with Gasteiger partial charge in [-0.05, 0) is 81.0 Å². The number of carbonyl (C=O) groups excluding carboxylic acids is 1. The summed E-state index contributed by atoms with van der Waals surface area (Å²) in [6.07, 6.45) is 9.64. The Morgan fingerprint density at radius 3 is 2.81 bits per heavy atom. The second kappa shape index (κ2) is 10.7. The van der Waals surface area contributed by atoms with E-state index in [9.17, 15) is 4.79 Å². The predicted octanol–water partition coefficient (Wildman–Crippen LogP) is 4.85. The third-order valence-electron chi connectivity index (χ3n) is 7.03. The number of benzene rings is 1. The molecule has 2 aliphatic carbocycles. The number of aromatic nitrogens is 3. The molecule has 1 saturated carbocycles. The topological polar surface area (TPSA) is 69.0 Å². The van der Waals surface area contributed by atoms with Gasteiger partial charge >= 0.3 is 0 Å². The first-order valence-electron chi connectivity index (χ1n) is 12.1. The third-order valence-corrected chi connectivity index (χ3v) is 7.99. The number of nitrogens with one attached hydrogen (secondary N) is 1. The van der Waals surface area contributed by atoms with Gasteiger partial charge in [-0.2, -0.15) is 0 Å². The predicted molar refractivity (Wildman–Crippen MR) is 128 cm³/mol. The van der Waals surface area contributed by atoms with Gasteiger partial charge < -0.3 is 14.6 Å². The van der Waals surface area contributed by atoms with E-state index in [4.69, 9.17) is 4.74 Å². The van der Waals surface area contributed by atoms with E-state index in [-0.39, 0.29) is 5.91 Å². The fourth-order valence-electron chi connectivity index (χ4n) is 5.05. The van der Waals surface area contributed by atoms with Gasteiger partial charge in [-0.15, -0.1) is 10.2 Å². The van der Waals surface area contributed by atoms with Crippen LogP contribution in [0.5, 0.6) is 5.75 Å². The average molecular weight is 457 g/mol. The molecule has 0 saturated heterocycles. The van der Waals surface area contributed by atoms with Crippen LogP contribution >= 0.6 is 11.8 Å². The molecule has 7 heteroatoms. The van der Waals surface area contributed by atoms with Crippen molar-refractivity contribution in [1.82, 2.24) is 20.1 Å². The maximum Gasteiger partial charge on any atom is 0.230 e. The van der Waals surface area contributed by atoms with Crippen LogP contribution in [-0.4, -0.2) is 32.5 Å². The molecule has 174 valence electrons. The lowest BCUT2D eigenvalue weighted by molar-refractivity contribution is -0.119. The first-order valence-corrected chi connectivity index (χ1v) is 13.1. The number of hydrogen-bond acceptors (Lipinski definition) is 5. The van der Waals surface area contributed by atoms with Gasteiger partial charge in [0.05, 0.1) is 5.75 Å². The normalized spacial score (nSPS) is 20.6. The number of carbonyl (C=O) groups is 1. The molecule has 2 aliphatic rings. The van der Waals surface area contributed by atoms with E-state index in [1.165, 1.54) is 67.0 Å². The minimum atomic E-state index is 0.0851. The Morgan fingerprint density at radius 2 is 2.00 bits per heavy atom. The summed E-state index contributed by atoms with van der Waals surface area (Å²) in [7, 11) is 0. The second-order valence-electron chi connectivity index (χ2n) is 9.19. The van der Waals surface area contributed by atoms with E-state index in [0.29, 0.717) is 24.3 Å². The number of hydrogen-bond donors (Lipinski definition) is 1. The SMILES string of the molecule is CCn1c(COc2ccc3c(c2C)CCCC3)nnc1SCC(=O)NC1CCCCC1C. The minimum Gasteiger partial charge on any atom is -0.485 e. The molecule has 1 N–H and O–H groups in total. The summed E-state index contributed by atoms with van der Waals surface area (Å²) >= 11 is 1.46. The fraction of sp³-hybridized carbons (Fsp3) is 0.640. The zero-order chi connectivity index (χ0) is 22.5. The first-order chi connectivity index (χ1) is 15.6. The van der Waals surface area contributed by atoms with Crippen molar-refractivity contribution in [2.75, 3.05) is 5.75 Å². The van der Waals surface area contributed by atoms with Gasteiger partial charge in [-0.1, -0.05) is 37.6 Å². The molecule has 0 spiro atoms. The molecule has 1 aromatic heterocycles. The minimum absolute atomic E-state index is 0.0851. The van der Waals surface area contributed by atoms with Crippen LogP contribution in [0, 0.1) is 12.8 Å². The van der Waals surface area contributed by atoms with Crippen LogP contribution in [0.25, 0.3) is 0 Å². The van der Waals surface area contributed by atoms with Crippen molar-refractivity contribution in [3.8, 4) is 5.75 Å². The maximum absolute atomic E-state index is 12.5. The average Bonchev–Trinajstić information content (AvgIpc) is 3.21. The van der Waals surface area contributed by atoms with Crippen molar-refractivity contribution in [2.45, 2.75) is 96.5 Å². The zero-order valence-electron chi connectivity index (χ0n) is 19.7. The van der Waals surface area contributed by atoms with Crippen molar-refractivity contribution >= 4 is 17.7 Å². The lowest BCUT2D eigenvalue weighted by Gasteiger charge is -2.29. The molecule has 4 rings (SSSR count). The quantitative estimate of drug-likeness (QED) is 0.575. The summed E-state index contributed by atoms with van der Waals surface area (Å²) in [6, 6.07) is 4.62. The van der Waals surface area contributed by atoms with Gasteiger partial charge in [0.2, 0.25) is 5.91 Å². The highest BCUT2D eigenvalue weighted by molar-refractivity contribution is 7.99. The molecule has 0 aliphatic heterocycles. The lowest BCUT2D eigenvalue weighted by atomic mass is 9.86. The lowest BCUT2D eigenvalue weighted by Crippen LogP contribution is -2.41. The molecule has 6 nitrogen and oxygen atoms in total. The van der Waals surface area contributed by atoms with E-state index < -0.39 is 0 Å². The Bertz CT molecular complexity index is 942. The van der Waals surface area contributed by atoms with Gasteiger partial charge in [0.25, 0.3) is 0 Å². The molecule has 32 heavy (non-hydrogen) atoms. The van der Waals surface area contributed by atoms with Crippen LogP contribution in [0.3, 0.4) is 0 Å². The summed E-state index contributed by atoms with van der Waals surface area (Å²) in [5, 5.41) is 12.7. The number of nitrogens with zero attached hydrogens (tertiary/aromatic N) is 3. The Balaban J connectivity index is 1.34. The number of amides is 1. The number of aryl methyl sites for hydroxylation is 1. The van der Waals surface area contributed by atoms with Crippen molar-refractivity contribution in [2.24, 2.45) is 5.92 Å². The van der Waals surface area contributed by atoms with Crippen molar-refractivity contribution in [3.05, 3.63) is 34.6 Å². The van der Waals surface area contributed by atoms with E-state index >= 15 is 0 Å². The number of fused-ring (bicyclic) bond motifs is 1. The van der Waals surface area contributed by atoms with Crippen LogP contribution in [0.4, 0.5) is 0 Å². The Hall–Kier alpha value is -2.02. The molecular formula is C25H36N4O2S. The number of rotatable bonds is 8. The van der Waals surface area contributed by atoms with E-state index in [2.05, 4.69) is 53.0 Å². The molecule has 2 atom stereocenters. The summed E-state index contributed by atoms with van der Waals surface area (Å²) in [4.78, 5) is 12.5. The Morgan fingerprint density at radius 1 is 1.19 bits per heavy atom. The van der Waals surface area contributed by atoms with Crippen molar-refractivity contribution in [3.63, 3.8) is 0 Å². The number of thioether (sulfide) groups is 1. The molecule has 1 heterocycles. The molecule has 2 unspecified atom stereocenters. The summed E-state index contributed by atoms with van der Waals surface area (Å²) in [5.41, 5.74) is 4.19. The smallest absolute Gasteiger partial charge is 0.230 e. The highest BCUT2D eigenvalue weighted by Gasteiger charge is 2.23. The largest absolute Gasteiger partial charge is 0.485 e. The van der Waals surface area contributed by atoms with Gasteiger partial charge in [-0.25, -0.2) is 0 Å². The Kier molecular flexibility index (Phi) is 7.76. The van der Waals surface area contributed by atoms with Crippen LogP contribution in [0.15, 0.2) is 17.3 Å². The van der Waals surface area contributed by atoms with Crippen LogP contribution < -0.4 is 10.1 Å². The molecule has 1 fully saturated rings. The highest BCUT2D eigenvalue weighted by Crippen LogP contribution is 2.31. The van der Waals surface area contributed by atoms with E-state index in [1.807, 2.05) is 0 Å². The highest BCUT2D eigenvalue weighted by atomic mass is 32.2. The van der Waals surface area contributed by atoms with Gasteiger partial charge in [0, 0.05) is 12.6 Å². The molecule has 0 radical (unpaired) electrons. The number of ether oxygens (including phenoxy) is 1. The van der Waals surface area contributed by atoms with Crippen LogP contribution in [-0.2, 0) is 30.8 Å². The van der Waals surface area contributed by atoms with E-state index in [1.54, 1.807) is 0 Å². The monoisotopic (exact) mass is 456 g/mol. The van der Waals surface area contributed by atoms with Crippen molar-refractivity contribution in [1.29, 1.82) is 0 Å². The summed E-state index contributed by atoms with van der Waals surface area (Å²) in [6.45, 7) is 7.61. The molecule has 1 amide bonds. The molecule has 0 bridgehead atoms. The maximum atomic E-state index is 12.5. The molecule has 2 aromatic rings. The summed E-state index contributed by atoms with van der Waals surface area (Å²) in [5.74, 6) is 2.75. The first kappa shape index (κ1) is 23.1. The zero-order valence-corrected chi connectivity index (χ0v) is 20.5. The molecular weight excluding hydrogens is 420 g/mol. The van der Waals surface area contributed by atoms with Crippen LogP contribution in [0.2, 0.25) is 0 Å². The second-order valence-corrected chi connectivity index (χ2v) is 10.1. The van der Waals surface area contributed by atoms with Crippen molar-refractivity contribution < 1.29 is 9.53 Å². The van der Waals surface area contributed by atoms with Gasteiger partial charge in [0.15, 0.2) is 11.0 Å². The van der Waals surface area contributed by atoms with Gasteiger partial charge in [0.1, 0.15) is 12.4 Å². The molecule has 1 aromatic carbocycles. The third kappa shape index (κ3) is 5.30. The van der Waals surface area contributed by atoms with Crippen LogP contribution in [0.1, 0.15) is 74.9 Å². The summed E-state index contributed by atoms with van der Waals surface area (Å²) < 4.78 is 8.22. The fourth-order valence-corrected chi connectivity index (χ4v) is 5.88. The van der Waals surface area contributed by atoms with E-state index in [0.717, 1.165) is 36.1 Å². The Labute approximate surface area is 195 Å². The standard InChI is InChI=1S/C25H36N4O2S/c1-4-29-23(15-31-22-14-13-19-10-6-7-11-20(19)18(22)3)27-28-25(29)32-16-24(30)26-21-12-8-5-9-17(21)2/h13-14,17,21H,4-12,15-16H2,1-3H3,(H,26,30).